The largest absolute Gasteiger partial charge is 0.496 e. The fraction of sp³-hybridized carbons (Fsp3) is 0.143. The Labute approximate surface area is 104 Å². The molecule has 0 aliphatic carbocycles. The first-order valence-electron chi connectivity index (χ1n) is 5.42. The maximum atomic E-state index is 13.8. The zero-order chi connectivity index (χ0) is 13.1. The van der Waals surface area contributed by atoms with E-state index in [1.807, 2.05) is 6.92 Å². The van der Waals surface area contributed by atoms with Crippen LogP contribution in [-0.4, -0.2) is 17.9 Å². The number of ketones is 1. The molecule has 1 aromatic heterocycles. The van der Waals surface area contributed by atoms with Crippen molar-refractivity contribution < 1.29 is 13.9 Å². The minimum Gasteiger partial charge on any atom is -0.496 e. The van der Waals surface area contributed by atoms with Crippen molar-refractivity contribution in [3.63, 3.8) is 0 Å². The molecule has 0 atom stereocenters. The molecule has 0 N–H and O–H groups in total. The monoisotopic (exact) mass is 245 g/mol. The topological polar surface area (TPSA) is 39.2 Å². The Balaban J connectivity index is 2.52. The van der Waals surface area contributed by atoms with Crippen molar-refractivity contribution in [2.24, 2.45) is 0 Å². The number of pyridine rings is 1. The number of methoxy groups -OCH3 is 1. The van der Waals surface area contributed by atoms with E-state index in [1.54, 1.807) is 18.3 Å². The first-order chi connectivity index (χ1) is 8.63. The summed E-state index contributed by atoms with van der Waals surface area (Å²) in [5.74, 6) is -0.802. The van der Waals surface area contributed by atoms with E-state index in [4.69, 9.17) is 4.74 Å². The van der Waals surface area contributed by atoms with Crippen molar-refractivity contribution in [2.45, 2.75) is 6.92 Å². The lowest BCUT2D eigenvalue weighted by Gasteiger charge is -2.08. The van der Waals surface area contributed by atoms with E-state index >= 15 is 0 Å². The molecule has 0 saturated heterocycles. The van der Waals surface area contributed by atoms with Gasteiger partial charge in [-0.25, -0.2) is 4.39 Å². The van der Waals surface area contributed by atoms with Gasteiger partial charge < -0.3 is 4.74 Å². The highest BCUT2D eigenvalue weighted by Gasteiger charge is 2.19. The van der Waals surface area contributed by atoms with Crippen LogP contribution in [0, 0.1) is 12.7 Å². The van der Waals surface area contributed by atoms with Crippen molar-refractivity contribution >= 4 is 5.78 Å². The molecule has 0 amide bonds. The predicted molar refractivity (Wildman–Crippen MR) is 65.4 cm³/mol. The summed E-state index contributed by atoms with van der Waals surface area (Å²) >= 11 is 0. The molecule has 0 aliphatic rings. The van der Waals surface area contributed by atoms with Gasteiger partial charge in [0.25, 0.3) is 0 Å². The van der Waals surface area contributed by atoms with Crippen molar-refractivity contribution in [1.82, 2.24) is 4.98 Å². The van der Waals surface area contributed by atoms with E-state index in [9.17, 15) is 9.18 Å². The number of benzene rings is 1. The van der Waals surface area contributed by atoms with Crippen molar-refractivity contribution in [3.05, 3.63) is 59.2 Å². The van der Waals surface area contributed by atoms with Crippen LogP contribution in [0.15, 0.2) is 36.7 Å². The van der Waals surface area contributed by atoms with Crippen LogP contribution in [0.4, 0.5) is 4.39 Å². The highest BCUT2D eigenvalue weighted by Crippen LogP contribution is 2.24. The lowest BCUT2D eigenvalue weighted by molar-refractivity contribution is 0.103. The van der Waals surface area contributed by atoms with Crippen LogP contribution in [0.3, 0.4) is 0 Å². The van der Waals surface area contributed by atoms with Crippen LogP contribution in [0.25, 0.3) is 0 Å². The third-order valence-electron chi connectivity index (χ3n) is 2.56. The van der Waals surface area contributed by atoms with Crippen molar-refractivity contribution in [3.8, 4) is 5.75 Å². The van der Waals surface area contributed by atoms with E-state index < -0.39 is 11.6 Å². The molecule has 2 rings (SSSR count). The zero-order valence-corrected chi connectivity index (χ0v) is 10.1. The summed E-state index contributed by atoms with van der Waals surface area (Å²) in [5, 5.41) is 0. The Morgan fingerprint density at radius 2 is 2.11 bits per heavy atom. The number of carbonyl (C=O) groups is 1. The first kappa shape index (κ1) is 12.2. The molecule has 0 radical (unpaired) electrons. The summed E-state index contributed by atoms with van der Waals surface area (Å²) in [6.45, 7) is 1.82. The Morgan fingerprint density at radius 1 is 1.33 bits per heavy atom. The number of aromatic nitrogens is 1. The molecule has 0 spiro atoms. The third-order valence-corrected chi connectivity index (χ3v) is 2.56. The van der Waals surface area contributed by atoms with Gasteiger partial charge >= 0.3 is 0 Å². The van der Waals surface area contributed by atoms with Crippen LogP contribution >= 0.6 is 0 Å². The number of halogens is 1. The molecule has 0 bridgehead atoms. The summed E-state index contributed by atoms with van der Waals surface area (Å²) < 4.78 is 18.8. The molecule has 1 heterocycles. The van der Waals surface area contributed by atoms with Crippen LogP contribution in [0.5, 0.6) is 5.75 Å². The molecule has 3 nitrogen and oxygen atoms in total. The number of nitrogens with zero attached hydrogens (tertiary/aromatic N) is 1. The standard InChI is InChI=1S/C14H12FNO2/c1-9-6-10(8-16-7-9)14(17)13-11(15)4-3-5-12(13)18-2/h3-8H,1-2H3. The number of hydrogen-bond donors (Lipinski definition) is 0. The van der Waals surface area contributed by atoms with E-state index in [0.29, 0.717) is 5.56 Å². The van der Waals surface area contributed by atoms with Gasteiger partial charge in [0.2, 0.25) is 5.78 Å². The minimum atomic E-state index is -0.596. The van der Waals surface area contributed by atoms with Gasteiger partial charge in [0.05, 0.1) is 7.11 Å². The maximum absolute atomic E-state index is 13.8. The van der Waals surface area contributed by atoms with E-state index in [-0.39, 0.29) is 11.3 Å². The molecule has 18 heavy (non-hydrogen) atoms. The van der Waals surface area contributed by atoms with Gasteiger partial charge in [0.15, 0.2) is 0 Å². The SMILES string of the molecule is COc1cccc(F)c1C(=O)c1cncc(C)c1. The first-order valence-corrected chi connectivity index (χ1v) is 5.42. The van der Waals surface area contributed by atoms with Gasteiger partial charge in [-0.3, -0.25) is 9.78 Å². The van der Waals surface area contributed by atoms with Gasteiger partial charge in [0.1, 0.15) is 17.1 Å². The summed E-state index contributed by atoms with van der Waals surface area (Å²) in [4.78, 5) is 16.2. The molecule has 0 fully saturated rings. The average molecular weight is 245 g/mol. The summed E-state index contributed by atoms with van der Waals surface area (Å²) in [6, 6.07) is 5.96. The lowest BCUT2D eigenvalue weighted by atomic mass is 10.0. The minimum absolute atomic E-state index is 0.0626. The second-order valence-electron chi connectivity index (χ2n) is 3.90. The van der Waals surface area contributed by atoms with Crippen LogP contribution < -0.4 is 4.74 Å². The highest BCUT2D eigenvalue weighted by molar-refractivity contribution is 6.10. The van der Waals surface area contributed by atoms with Crippen molar-refractivity contribution in [1.29, 1.82) is 0 Å². The molecular weight excluding hydrogens is 233 g/mol. The molecule has 1 aromatic carbocycles. The zero-order valence-electron chi connectivity index (χ0n) is 10.1. The molecule has 4 heteroatoms. The number of aryl methyl sites for hydroxylation is 1. The van der Waals surface area contributed by atoms with Gasteiger partial charge in [-0.15, -0.1) is 0 Å². The van der Waals surface area contributed by atoms with Crippen molar-refractivity contribution in [2.75, 3.05) is 7.11 Å². The van der Waals surface area contributed by atoms with E-state index in [0.717, 1.165) is 5.56 Å². The summed E-state index contributed by atoms with van der Waals surface area (Å²) in [7, 11) is 1.40. The van der Waals surface area contributed by atoms with E-state index in [1.165, 1.54) is 25.4 Å². The smallest absolute Gasteiger partial charge is 0.201 e. The van der Waals surface area contributed by atoms with Gasteiger partial charge in [-0.2, -0.15) is 0 Å². The number of carbonyl (C=O) groups excluding carboxylic acids is 1. The summed E-state index contributed by atoms with van der Waals surface area (Å²) in [5.41, 5.74) is 1.13. The third kappa shape index (κ3) is 2.22. The molecule has 0 aliphatic heterocycles. The van der Waals surface area contributed by atoms with Crippen LogP contribution in [-0.2, 0) is 0 Å². The Hall–Kier alpha value is -2.23. The number of hydrogen-bond acceptors (Lipinski definition) is 3. The fourth-order valence-electron chi connectivity index (χ4n) is 1.72. The van der Waals surface area contributed by atoms with E-state index in [2.05, 4.69) is 4.98 Å². The molecule has 0 unspecified atom stereocenters. The number of rotatable bonds is 3. The fourth-order valence-corrected chi connectivity index (χ4v) is 1.72. The Kier molecular flexibility index (Phi) is 3.37. The van der Waals surface area contributed by atoms with Crippen LogP contribution in [0.2, 0.25) is 0 Å². The second-order valence-corrected chi connectivity index (χ2v) is 3.90. The predicted octanol–water partition coefficient (Wildman–Crippen LogP) is 2.77. The highest BCUT2D eigenvalue weighted by atomic mass is 19.1. The lowest BCUT2D eigenvalue weighted by Crippen LogP contribution is -2.07. The normalized spacial score (nSPS) is 10.2. The van der Waals surface area contributed by atoms with Gasteiger partial charge in [-0.05, 0) is 30.7 Å². The second kappa shape index (κ2) is 4.96. The Morgan fingerprint density at radius 3 is 2.78 bits per heavy atom. The number of ether oxygens (including phenoxy) is 1. The summed E-state index contributed by atoms with van der Waals surface area (Å²) in [6.07, 6.45) is 3.05. The molecule has 2 aromatic rings. The quantitative estimate of drug-likeness (QED) is 0.780. The Bertz CT molecular complexity index is 596. The molecular formula is C14H12FNO2. The average Bonchev–Trinajstić information content (AvgIpc) is 2.37. The van der Waals surface area contributed by atoms with Crippen LogP contribution in [0.1, 0.15) is 21.5 Å². The molecule has 92 valence electrons. The maximum Gasteiger partial charge on any atom is 0.201 e. The van der Waals surface area contributed by atoms with Gasteiger partial charge in [0, 0.05) is 18.0 Å². The molecule has 0 saturated carbocycles. The van der Waals surface area contributed by atoms with Gasteiger partial charge in [-0.1, -0.05) is 6.07 Å².